The zero-order valence-electron chi connectivity index (χ0n) is 25.5. The lowest BCUT2D eigenvalue weighted by Crippen LogP contribution is -2.76. The number of carbonyl (C=O) groups excluding carboxylic acids is 1. The minimum Gasteiger partial charge on any atom is -0.393 e. The molecular formula is C33H50O8. The highest BCUT2D eigenvalue weighted by Crippen LogP contribution is 2.76. The van der Waals surface area contributed by atoms with E-state index in [0.717, 1.165) is 24.8 Å². The maximum atomic E-state index is 13.7. The van der Waals surface area contributed by atoms with Crippen molar-refractivity contribution in [1.82, 2.24) is 0 Å². The predicted octanol–water partition coefficient (Wildman–Crippen LogP) is 4.49. The normalized spacial score (nSPS) is 50.7. The maximum absolute atomic E-state index is 13.7. The second-order valence-corrected chi connectivity index (χ2v) is 14.3. The highest BCUT2D eigenvalue weighted by molar-refractivity contribution is 6.06. The summed E-state index contributed by atoms with van der Waals surface area (Å²) >= 11 is 0. The summed E-state index contributed by atoms with van der Waals surface area (Å²) < 4.78 is 27.0. The molecule has 3 aliphatic carbocycles. The van der Waals surface area contributed by atoms with Crippen LogP contribution in [0.2, 0.25) is 0 Å². The van der Waals surface area contributed by atoms with Gasteiger partial charge < -0.3 is 34.3 Å². The summed E-state index contributed by atoms with van der Waals surface area (Å²) in [5, 5.41) is 34.7. The fourth-order valence-electron chi connectivity index (χ4n) is 9.80. The van der Waals surface area contributed by atoms with E-state index in [1.54, 1.807) is 13.0 Å². The van der Waals surface area contributed by atoms with E-state index in [4.69, 9.17) is 18.9 Å². The Morgan fingerprint density at radius 3 is 2.29 bits per heavy atom. The Hall–Kier alpha value is -1.13. The number of Topliss-reactive ketones (excluding diaryl/α,β-unsaturated/α-hetero) is 1. The molecule has 11 atom stereocenters. The smallest absolute Gasteiger partial charge is 0.284 e. The Morgan fingerprint density at radius 2 is 1.68 bits per heavy atom. The molecule has 0 aromatic heterocycles. The average molecular weight is 575 g/mol. The Morgan fingerprint density at radius 1 is 1.05 bits per heavy atom. The molecule has 8 nitrogen and oxygen atoms in total. The van der Waals surface area contributed by atoms with Crippen LogP contribution in [0.15, 0.2) is 23.8 Å². The van der Waals surface area contributed by atoms with Gasteiger partial charge in [-0.05, 0) is 50.7 Å². The van der Waals surface area contributed by atoms with Gasteiger partial charge in [-0.1, -0.05) is 77.9 Å². The van der Waals surface area contributed by atoms with Gasteiger partial charge in [0, 0.05) is 12.3 Å². The summed E-state index contributed by atoms with van der Waals surface area (Å²) in [6, 6.07) is 0. The number of hydrogen-bond acceptors (Lipinski definition) is 8. The van der Waals surface area contributed by atoms with E-state index >= 15 is 0 Å². The number of epoxide rings is 1. The number of aliphatic hydroxyl groups is 3. The molecular weight excluding hydrogens is 524 g/mol. The third-order valence-electron chi connectivity index (χ3n) is 11.9. The van der Waals surface area contributed by atoms with E-state index in [1.807, 2.05) is 13.8 Å². The lowest BCUT2D eigenvalue weighted by molar-refractivity contribution is -0.441. The third kappa shape index (κ3) is 3.56. The van der Waals surface area contributed by atoms with Crippen LogP contribution in [0.1, 0.15) is 105 Å². The number of hydrogen-bond donors (Lipinski definition) is 3. The summed E-state index contributed by atoms with van der Waals surface area (Å²) in [5.74, 6) is -2.65. The predicted molar refractivity (Wildman–Crippen MR) is 152 cm³/mol. The van der Waals surface area contributed by atoms with Crippen LogP contribution in [0, 0.1) is 17.3 Å². The number of unbranched alkanes of at least 4 members (excludes halogenated alkanes) is 8. The molecule has 8 heteroatoms. The number of fused-ring (bicyclic) bond motifs is 3. The standard InChI is InChI=1S/C33H50O8/c1-7-8-9-10-11-12-13-14-15-16-31-39-25-23-26-30(19-34,38-26)27(36)32(37)24(35)21(4)17-28(32,6)33(23,41-31)22(5)18-29(25,40-31)20(2)3/h17,22-23,25-27,34,36-37H,2,7-16,18-19H2,1,3-6H3. The Balaban J connectivity index is 1.36. The molecule has 0 amide bonds. The molecule has 3 N–H and O–H groups in total. The largest absolute Gasteiger partial charge is 0.393 e. The molecule has 3 heterocycles. The van der Waals surface area contributed by atoms with Crippen molar-refractivity contribution in [2.45, 2.75) is 152 Å². The van der Waals surface area contributed by atoms with Gasteiger partial charge in [0.15, 0.2) is 11.4 Å². The molecule has 5 fully saturated rings. The van der Waals surface area contributed by atoms with Crippen LogP contribution in [0.5, 0.6) is 0 Å². The first-order chi connectivity index (χ1) is 19.4. The highest BCUT2D eigenvalue weighted by Gasteiger charge is 2.91. The van der Waals surface area contributed by atoms with Gasteiger partial charge in [-0.2, -0.15) is 0 Å². The maximum Gasteiger partial charge on any atom is 0.284 e. The monoisotopic (exact) mass is 574 g/mol. The first-order valence-corrected chi connectivity index (χ1v) is 16.0. The fourth-order valence-corrected chi connectivity index (χ4v) is 9.80. The lowest BCUT2D eigenvalue weighted by Gasteiger charge is -2.63. The van der Waals surface area contributed by atoms with Gasteiger partial charge in [0.25, 0.3) is 5.97 Å². The topological polar surface area (TPSA) is 118 Å². The van der Waals surface area contributed by atoms with E-state index in [-0.39, 0.29) is 5.92 Å². The molecule has 0 aromatic rings. The minimum atomic E-state index is -2.24. The molecule has 0 radical (unpaired) electrons. The van der Waals surface area contributed by atoms with Gasteiger partial charge in [0.1, 0.15) is 29.5 Å². The van der Waals surface area contributed by atoms with Crippen molar-refractivity contribution in [2.24, 2.45) is 17.3 Å². The van der Waals surface area contributed by atoms with E-state index in [2.05, 4.69) is 20.4 Å². The zero-order valence-corrected chi connectivity index (χ0v) is 25.5. The number of carbonyl (C=O) groups is 1. The molecule has 6 aliphatic rings. The summed E-state index contributed by atoms with van der Waals surface area (Å²) in [5.41, 5.74) is -5.86. The molecule has 3 aliphatic heterocycles. The summed E-state index contributed by atoms with van der Waals surface area (Å²) in [6.45, 7) is 13.6. The average Bonchev–Trinajstić information content (AvgIpc) is 3.59. The SMILES string of the molecule is C=C(C)C12CC(C)C34OC(CCCCCCCCCCC)(OC1C3C1OC1(CO)C(O)C1(O)C(=O)C(C)=CC14C)O2. The molecule has 0 aromatic carbocycles. The van der Waals surface area contributed by atoms with Crippen molar-refractivity contribution < 1.29 is 39.1 Å². The molecule has 41 heavy (non-hydrogen) atoms. The van der Waals surface area contributed by atoms with E-state index < -0.39 is 70.4 Å². The molecule has 3 bridgehead atoms. The van der Waals surface area contributed by atoms with Gasteiger partial charge >= 0.3 is 0 Å². The van der Waals surface area contributed by atoms with Crippen molar-refractivity contribution in [1.29, 1.82) is 0 Å². The number of ketones is 1. The molecule has 6 rings (SSSR count). The van der Waals surface area contributed by atoms with E-state index in [1.165, 1.54) is 38.5 Å². The van der Waals surface area contributed by atoms with Gasteiger partial charge in [-0.25, -0.2) is 0 Å². The lowest BCUT2D eigenvalue weighted by atomic mass is 9.49. The van der Waals surface area contributed by atoms with Crippen LogP contribution in [0.3, 0.4) is 0 Å². The van der Waals surface area contributed by atoms with E-state index in [9.17, 15) is 20.1 Å². The number of rotatable bonds is 12. The van der Waals surface area contributed by atoms with Crippen molar-refractivity contribution >= 4 is 5.78 Å². The van der Waals surface area contributed by atoms with Crippen LogP contribution in [-0.4, -0.2) is 74.4 Å². The van der Waals surface area contributed by atoms with Crippen molar-refractivity contribution in [3.63, 3.8) is 0 Å². The van der Waals surface area contributed by atoms with Crippen molar-refractivity contribution in [2.75, 3.05) is 6.61 Å². The number of aliphatic hydroxyl groups excluding tert-OH is 2. The minimum absolute atomic E-state index is 0.216. The summed E-state index contributed by atoms with van der Waals surface area (Å²) in [4.78, 5) is 13.7. The molecule has 2 saturated carbocycles. The summed E-state index contributed by atoms with van der Waals surface area (Å²) in [7, 11) is 0. The van der Waals surface area contributed by atoms with Crippen molar-refractivity contribution in [3.8, 4) is 0 Å². The number of ether oxygens (including phenoxy) is 4. The van der Waals surface area contributed by atoms with Crippen LogP contribution < -0.4 is 0 Å². The Bertz CT molecular complexity index is 1140. The van der Waals surface area contributed by atoms with E-state index in [0.29, 0.717) is 18.4 Å². The first-order valence-electron chi connectivity index (χ1n) is 16.0. The third-order valence-corrected chi connectivity index (χ3v) is 11.9. The fraction of sp³-hybridized carbons (Fsp3) is 0.848. The van der Waals surface area contributed by atoms with Crippen LogP contribution >= 0.6 is 0 Å². The Labute approximate surface area is 244 Å². The molecule has 11 unspecified atom stereocenters. The van der Waals surface area contributed by atoms with Gasteiger partial charge in [-0.15, -0.1) is 0 Å². The summed E-state index contributed by atoms with van der Waals surface area (Å²) in [6.07, 6.45) is 10.6. The van der Waals surface area contributed by atoms with Crippen LogP contribution in [0.4, 0.5) is 0 Å². The van der Waals surface area contributed by atoms with Gasteiger partial charge in [0.2, 0.25) is 0 Å². The highest BCUT2D eigenvalue weighted by atomic mass is 16.9. The zero-order chi connectivity index (χ0) is 29.6. The quantitative estimate of drug-likeness (QED) is 0.177. The van der Waals surface area contributed by atoms with Crippen LogP contribution in [-0.2, 0) is 23.7 Å². The molecule has 230 valence electrons. The van der Waals surface area contributed by atoms with Gasteiger partial charge in [0.05, 0.1) is 17.6 Å². The molecule has 3 saturated heterocycles. The van der Waals surface area contributed by atoms with Gasteiger partial charge in [-0.3, -0.25) is 4.79 Å². The second-order valence-electron chi connectivity index (χ2n) is 14.3. The van der Waals surface area contributed by atoms with Crippen LogP contribution in [0.25, 0.3) is 0 Å². The Kier molecular flexibility index (Phi) is 7.07. The second kappa shape index (κ2) is 9.68. The molecule has 0 spiro atoms. The first kappa shape index (κ1) is 29.9. The van der Waals surface area contributed by atoms with Crippen molar-refractivity contribution in [3.05, 3.63) is 23.8 Å².